The van der Waals surface area contributed by atoms with Crippen molar-refractivity contribution < 1.29 is 13.3 Å². The SMILES string of the molecule is O=[N+]([O-])c1cccc(CS(=O)(=O)N2CCN(C(c3ccccc3)c3ccccc3)CC2)c1. The highest BCUT2D eigenvalue weighted by Gasteiger charge is 2.31. The molecule has 1 aliphatic rings. The summed E-state index contributed by atoms with van der Waals surface area (Å²) in [6.45, 7) is 1.96. The molecule has 32 heavy (non-hydrogen) atoms. The lowest BCUT2D eigenvalue weighted by molar-refractivity contribution is -0.384. The summed E-state index contributed by atoms with van der Waals surface area (Å²) in [6.07, 6.45) is 0. The smallest absolute Gasteiger partial charge is 0.269 e. The van der Waals surface area contributed by atoms with Crippen LogP contribution in [0.5, 0.6) is 0 Å². The third-order valence-electron chi connectivity index (χ3n) is 5.73. The molecule has 1 heterocycles. The van der Waals surface area contributed by atoms with Gasteiger partial charge < -0.3 is 0 Å². The predicted molar refractivity (Wildman–Crippen MR) is 124 cm³/mol. The lowest BCUT2D eigenvalue weighted by atomic mass is 9.96. The molecule has 3 aromatic carbocycles. The van der Waals surface area contributed by atoms with Gasteiger partial charge >= 0.3 is 0 Å². The standard InChI is InChI=1S/C24H25N3O4S/c28-27(29)23-13-7-8-20(18-23)19-32(30,31)26-16-14-25(15-17-26)24(21-9-3-1-4-10-21)22-11-5-2-6-12-22/h1-13,18,24H,14-17,19H2. The van der Waals surface area contributed by atoms with Crippen molar-refractivity contribution in [2.45, 2.75) is 11.8 Å². The van der Waals surface area contributed by atoms with E-state index in [-0.39, 0.29) is 17.5 Å². The quantitative estimate of drug-likeness (QED) is 0.403. The first-order chi connectivity index (χ1) is 15.4. The number of nitro groups is 1. The van der Waals surface area contributed by atoms with Crippen molar-refractivity contribution in [1.29, 1.82) is 0 Å². The molecule has 0 radical (unpaired) electrons. The maximum Gasteiger partial charge on any atom is 0.269 e. The van der Waals surface area contributed by atoms with Crippen molar-refractivity contribution in [1.82, 2.24) is 9.21 Å². The van der Waals surface area contributed by atoms with E-state index in [0.29, 0.717) is 31.7 Å². The monoisotopic (exact) mass is 451 g/mol. The molecular formula is C24H25N3O4S. The summed E-state index contributed by atoms with van der Waals surface area (Å²) in [5, 5.41) is 11.0. The Hall–Kier alpha value is -3.07. The van der Waals surface area contributed by atoms with Crippen LogP contribution in [0.4, 0.5) is 5.69 Å². The Morgan fingerprint density at radius 3 is 1.91 bits per heavy atom. The zero-order chi connectivity index (χ0) is 22.6. The van der Waals surface area contributed by atoms with Gasteiger partial charge in [-0.1, -0.05) is 72.8 Å². The summed E-state index contributed by atoms with van der Waals surface area (Å²) < 4.78 is 27.5. The molecule has 7 nitrogen and oxygen atoms in total. The van der Waals surface area contributed by atoms with Crippen LogP contribution in [0, 0.1) is 10.1 Å². The molecule has 0 aliphatic carbocycles. The zero-order valence-electron chi connectivity index (χ0n) is 17.6. The van der Waals surface area contributed by atoms with Crippen LogP contribution in [-0.4, -0.2) is 48.7 Å². The highest BCUT2D eigenvalue weighted by Crippen LogP contribution is 2.30. The van der Waals surface area contributed by atoms with E-state index < -0.39 is 14.9 Å². The molecule has 0 amide bonds. The number of piperazine rings is 1. The highest BCUT2D eigenvalue weighted by atomic mass is 32.2. The Balaban J connectivity index is 1.48. The molecule has 0 unspecified atom stereocenters. The summed E-state index contributed by atoms with van der Waals surface area (Å²) in [5.74, 6) is -0.241. The van der Waals surface area contributed by atoms with Gasteiger partial charge in [0.25, 0.3) is 5.69 Å². The number of hydrogen-bond acceptors (Lipinski definition) is 5. The molecular weight excluding hydrogens is 426 g/mol. The van der Waals surface area contributed by atoms with Gasteiger partial charge in [0, 0.05) is 38.3 Å². The molecule has 4 rings (SSSR count). The minimum atomic E-state index is -3.57. The fourth-order valence-corrected chi connectivity index (χ4v) is 5.69. The third kappa shape index (κ3) is 5.04. The number of rotatable bonds is 7. The molecule has 8 heteroatoms. The zero-order valence-corrected chi connectivity index (χ0v) is 18.4. The van der Waals surface area contributed by atoms with Gasteiger partial charge in [-0.3, -0.25) is 15.0 Å². The highest BCUT2D eigenvalue weighted by molar-refractivity contribution is 7.88. The predicted octanol–water partition coefficient (Wildman–Crippen LogP) is 3.83. The topological polar surface area (TPSA) is 83.8 Å². The lowest BCUT2D eigenvalue weighted by Crippen LogP contribution is -2.50. The van der Waals surface area contributed by atoms with E-state index in [1.807, 2.05) is 36.4 Å². The molecule has 0 spiro atoms. The van der Waals surface area contributed by atoms with Crippen LogP contribution in [0.1, 0.15) is 22.7 Å². The maximum absolute atomic E-state index is 13.0. The van der Waals surface area contributed by atoms with E-state index >= 15 is 0 Å². The number of nitrogens with zero attached hydrogens (tertiary/aromatic N) is 3. The van der Waals surface area contributed by atoms with Crippen molar-refractivity contribution in [3.05, 3.63) is 112 Å². The van der Waals surface area contributed by atoms with E-state index in [1.54, 1.807) is 6.07 Å². The second-order valence-corrected chi connectivity index (χ2v) is 9.81. The Bertz CT molecular complexity index is 1120. The number of hydrogen-bond donors (Lipinski definition) is 0. The molecule has 1 fully saturated rings. The Kier molecular flexibility index (Phi) is 6.64. The Labute approximate surface area is 188 Å². The van der Waals surface area contributed by atoms with Crippen molar-refractivity contribution in [2.75, 3.05) is 26.2 Å². The van der Waals surface area contributed by atoms with Gasteiger partial charge in [-0.05, 0) is 16.7 Å². The van der Waals surface area contributed by atoms with E-state index in [9.17, 15) is 18.5 Å². The largest absolute Gasteiger partial charge is 0.290 e. The fraction of sp³-hybridized carbons (Fsp3) is 0.250. The van der Waals surface area contributed by atoms with Crippen molar-refractivity contribution >= 4 is 15.7 Å². The molecule has 0 atom stereocenters. The second-order valence-electron chi connectivity index (χ2n) is 7.84. The average molecular weight is 452 g/mol. The molecule has 1 saturated heterocycles. The molecule has 0 aromatic heterocycles. The number of sulfonamides is 1. The normalized spacial score (nSPS) is 15.7. The third-order valence-corrected chi connectivity index (χ3v) is 7.58. The van der Waals surface area contributed by atoms with Gasteiger partial charge in [-0.15, -0.1) is 0 Å². The van der Waals surface area contributed by atoms with E-state index in [4.69, 9.17) is 0 Å². The first-order valence-corrected chi connectivity index (χ1v) is 12.1. The van der Waals surface area contributed by atoms with Crippen LogP contribution >= 0.6 is 0 Å². The van der Waals surface area contributed by atoms with Crippen LogP contribution in [0.2, 0.25) is 0 Å². The van der Waals surface area contributed by atoms with Crippen LogP contribution in [0.25, 0.3) is 0 Å². The summed E-state index contributed by atoms with van der Waals surface area (Å²) in [4.78, 5) is 12.8. The molecule has 0 saturated carbocycles. The minimum Gasteiger partial charge on any atom is -0.290 e. The molecule has 3 aromatic rings. The minimum absolute atomic E-state index is 0.0547. The summed E-state index contributed by atoms with van der Waals surface area (Å²) >= 11 is 0. The van der Waals surface area contributed by atoms with Crippen molar-refractivity contribution in [2.24, 2.45) is 0 Å². The number of non-ortho nitro benzene ring substituents is 1. The van der Waals surface area contributed by atoms with Crippen LogP contribution in [-0.2, 0) is 15.8 Å². The van der Waals surface area contributed by atoms with Crippen molar-refractivity contribution in [3.63, 3.8) is 0 Å². The van der Waals surface area contributed by atoms with Gasteiger partial charge in [0.05, 0.1) is 16.7 Å². The first-order valence-electron chi connectivity index (χ1n) is 10.5. The lowest BCUT2D eigenvalue weighted by Gasteiger charge is -2.39. The summed E-state index contributed by atoms with van der Waals surface area (Å²) in [6, 6.07) is 26.3. The van der Waals surface area contributed by atoms with E-state index in [0.717, 1.165) is 0 Å². The van der Waals surface area contributed by atoms with Gasteiger partial charge in [0.15, 0.2) is 0 Å². The van der Waals surface area contributed by atoms with E-state index in [1.165, 1.54) is 33.6 Å². The van der Waals surface area contributed by atoms with Gasteiger partial charge in [-0.25, -0.2) is 8.42 Å². The second kappa shape index (κ2) is 9.60. The van der Waals surface area contributed by atoms with Crippen LogP contribution in [0.15, 0.2) is 84.9 Å². The van der Waals surface area contributed by atoms with Crippen LogP contribution in [0.3, 0.4) is 0 Å². The Morgan fingerprint density at radius 2 is 1.38 bits per heavy atom. The molecule has 0 bridgehead atoms. The maximum atomic E-state index is 13.0. The molecule has 0 N–H and O–H groups in total. The van der Waals surface area contributed by atoms with Gasteiger partial charge in [0.1, 0.15) is 0 Å². The van der Waals surface area contributed by atoms with Gasteiger partial charge in [0.2, 0.25) is 10.0 Å². The van der Waals surface area contributed by atoms with Crippen LogP contribution < -0.4 is 0 Å². The average Bonchev–Trinajstić information content (AvgIpc) is 2.81. The molecule has 166 valence electrons. The van der Waals surface area contributed by atoms with E-state index in [2.05, 4.69) is 29.2 Å². The number of benzene rings is 3. The van der Waals surface area contributed by atoms with Gasteiger partial charge in [-0.2, -0.15) is 4.31 Å². The summed E-state index contributed by atoms with van der Waals surface area (Å²) in [5.41, 5.74) is 2.67. The fourth-order valence-electron chi connectivity index (χ4n) is 4.19. The molecule has 1 aliphatic heterocycles. The first kappa shape index (κ1) is 22.1. The number of nitro benzene ring substituents is 1. The Morgan fingerprint density at radius 1 is 0.812 bits per heavy atom. The van der Waals surface area contributed by atoms with Crippen molar-refractivity contribution in [3.8, 4) is 0 Å². The summed E-state index contributed by atoms with van der Waals surface area (Å²) in [7, 11) is -3.57.